The maximum Gasteiger partial charge on any atom is 0.356 e. The molecule has 1 aromatic rings. The van der Waals surface area contributed by atoms with Crippen molar-refractivity contribution in [3.05, 3.63) is 35.9 Å². The largest absolute Gasteiger partial charge is 0.456 e. The molecular formula is C10H11NO3. The molecule has 14 heavy (non-hydrogen) atoms. The average molecular weight is 193 g/mol. The summed E-state index contributed by atoms with van der Waals surface area (Å²) in [7, 11) is 0. The molecule has 0 saturated carbocycles. The molecule has 0 atom stereocenters. The van der Waals surface area contributed by atoms with Gasteiger partial charge >= 0.3 is 5.97 Å². The first-order chi connectivity index (χ1) is 6.74. The van der Waals surface area contributed by atoms with E-state index in [0.717, 1.165) is 5.56 Å². The molecule has 0 radical (unpaired) electrons. The van der Waals surface area contributed by atoms with Gasteiger partial charge in [0.05, 0.1) is 0 Å². The van der Waals surface area contributed by atoms with E-state index in [9.17, 15) is 4.79 Å². The lowest BCUT2D eigenvalue weighted by Crippen LogP contribution is -2.13. The van der Waals surface area contributed by atoms with Crippen LogP contribution in [0.3, 0.4) is 0 Å². The summed E-state index contributed by atoms with van der Waals surface area (Å²) >= 11 is 0. The second-order valence-electron chi connectivity index (χ2n) is 2.75. The van der Waals surface area contributed by atoms with Crippen LogP contribution in [0.25, 0.3) is 0 Å². The average Bonchev–Trinajstić information content (AvgIpc) is 2.26. The standard InChI is InChI=1S/C10H11NO3/c1-8(11-13)10(12)14-7-9-5-3-2-4-6-9/h2-6,13H,7H2,1H3. The number of esters is 1. The van der Waals surface area contributed by atoms with Crippen LogP contribution in [-0.4, -0.2) is 16.9 Å². The first kappa shape index (κ1) is 10.2. The van der Waals surface area contributed by atoms with E-state index in [1.54, 1.807) is 0 Å². The van der Waals surface area contributed by atoms with Crippen LogP contribution in [0.15, 0.2) is 35.5 Å². The molecule has 1 aromatic carbocycles. The molecule has 74 valence electrons. The predicted octanol–water partition coefficient (Wildman–Crippen LogP) is 1.58. The van der Waals surface area contributed by atoms with Gasteiger partial charge in [-0.2, -0.15) is 0 Å². The van der Waals surface area contributed by atoms with Gasteiger partial charge in [0, 0.05) is 0 Å². The topological polar surface area (TPSA) is 58.9 Å². The van der Waals surface area contributed by atoms with E-state index in [-0.39, 0.29) is 12.3 Å². The zero-order chi connectivity index (χ0) is 10.4. The molecule has 0 bridgehead atoms. The van der Waals surface area contributed by atoms with Crippen molar-refractivity contribution in [3.8, 4) is 0 Å². The number of hydrogen-bond acceptors (Lipinski definition) is 4. The van der Waals surface area contributed by atoms with Crippen LogP contribution in [0.5, 0.6) is 0 Å². The monoisotopic (exact) mass is 193 g/mol. The Kier molecular flexibility index (Phi) is 3.67. The Bertz CT molecular complexity index is 332. The summed E-state index contributed by atoms with van der Waals surface area (Å²) in [6.07, 6.45) is 0. The quantitative estimate of drug-likeness (QED) is 0.343. The van der Waals surface area contributed by atoms with E-state index in [0.29, 0.717) is 0 Å². The fourth-order valence-corrected chi connectivity index (χ4v) is 0.868. The van der Waals surface area contributed by atoms with E-state index >= 15 is 0 Å². The molecule has 1 N–H and O–H groups in total. The third-order valence-electron chi connectivity index (χ3n) is 1.66. The highest BCUT2D eigenvalue weighted by molar-refractivity contribution is 6.35. The molecule has 0 aliphatic carbocycles. The predicted molar refractivity (Wildman–Crippen MR) is 51.1 cm³/mol. The number of ether oxygens (including phenoxy) is 1. The van der Waals surface area contributed by atoms with Gasteiger partial charge in [0.2, 0.25) is 0 Å². The highest BCUT2D eigenvalue weighted by atomic mass is 16.5. The van der Waals surface area contributed by atoms with Crippen LogP contribution < -0.4 is 0 Å². The van der Waals surface area contributed by atoms with Crippen LogP contribution in [0.4, 0.5) is 0 Å². The van der Waals surface area contributed by atoms with Gasteiger partial charge in [-0.25, -0.2) is 4.79 Å². The maximum atomic E-state index is 11.0. The molecule has 0 spiro atoms. The summed E-state index contributed by atoms with van der Waals surface area (Å²) < 4.78 is 4.85. The van der Waals surface area contributed by atoms with Crippen LogP contribution in [0.1, 0.15) is 12.5 Å². The van der Waals surface area contributed by atoms with E-state index < -0.39 is 5.97 Å². The van der Waals surface area contributed by atoms with Crippen molar-refractivity contribution < 1.29 is 14.7 Å². The van der Waals surface area contributed by atoms with Gasteiger partial charge in [0.25, 0.3) is 0 Å². The molecule has 0 heterocycles. The minimum Gasteiger partial charge on any atom is -0.456 e. The summed E-state index contributed by atoms with van der Waals surface area (Å²) in [5.41, 5.74) is 0.840. The molecule has 4 nitrogen and oxygen atoms in total. The van der Waals surface area contributed by atoms with E-state index in [1.807, 2.05) is 30.3 Å². The summed E-state index contributed by atoms with van der Waals surface area (Å²) in [5, 5.41) is 11.0. The molecule has 0 saturated heterocycles. The molecule has 0 fully saturated rings. The Balaban J connectivity index is 2.46. The number of carbonyl (C=O) groups excluding carboxylic acids is 1. The number of nitrogens with zero attached hydrogens (tertiary/aromatic N) is 1. The van der Waals surface area contributed by atoms with Crippen molar-refractivity contribution in [3.63, 3.8) is 0 Å². The summed E-state index contributed by atoms with van der Waals surface area (Å²) in [6.45, 7) is 1.57. The molecule has 0 aromatic heterocycles. The number of oxime groups is 1. The summed E-state index contributed by atoms with van der Waals surface area (Å²) in [4.78, 5) is 11.0. The van der Waals surface area contributed by atoms with E-state index in [4.69, 9.17) is 9.94 Å². The number of hydrogen-bond donors (Lipinski definition) is 1. The van der Waals surface area contributed by atoms with Crippen molar-refractivity contribution in [1.82, 2.24) is 0 Å². The Hall–Kier alpha value is -1.84. The first-order valence-corrected chi connectivity index (χ1v) is 4.13. The van der Waals surface area contributed by atoms with Crippen molar-refractivity contribution in [2.75, 3.05) is 0 Å². The summed E-state index contributed by atoms with van der Waals surface area (Å²) in [5.74, 6) is -0.614. The smallest absolute Gasteiger partial charge is 0.356 e. The minimum atomic E-state index is -0.614. The zero-order valence-corrected chi connectivity index (χ0v) is 7.80. The molecule has 0 aliphatic heterocycles. The maximum absolute atomic E-state index is 11.0. The van der Waals surface area contributed by atoms with Crippen molar-refractivity contribution in [2.45, 2.75) is 13.5 Å². The Morgan fingerprint density at radius 2 is 2.07 bits per heavy atom. The lowest BCUT2D eigenvalue weighted by Gasteiger charge is -2.02. The second-order valence-corrected chi connectivity index (χ2v) is 2.75. The molecule has 4 heteroatoms. The van der Waals surface area contributed by atoms with Gasteiger partial charge in [0.1, 0.15) is 6.61 Å². The van der Waals surface area contributed by atoms with Gasteiger partial charge in [0.15, 0.2) is 5.71 Å². The van der Waals surface area contributed by atoms with Crippen molar-refractivity contribution in [2.24, 2.45) is 5.16 Å². The molecule has 0 aliphatic rings. The minimum absolute atomic E-state index is 0.0547. The van der Waals surface area contributed by atoms with E-state index in [1.165, 1.54) is 6.92 Å². The van der Waals surface area contributed by atoms with Crippen LogP contribution in [0.2, 0.25) is 0 Å². The van der Waals surface area contributed by atoms with Gasteiger partial charge < -0.3 is 9.94 Å². The number of rotatable bonds is 3. The van der Waals surface area contributed by atoms with Crippen molar-refractivity contribution >= 4 is 11.7 Å². The van der Waals surface area contributed by atoms with Crippen LogP contribution in [0, 0.1) is 0 Å². The zero-order valence-electron chi connectivity index (χ0n) is 7.80. The third kappa shape index (κ3) is 2.90. The Labute approximate surface area is 81.8 Å². The highest BCUT2D eigenvalue weighted by Crippen LogP contribution is 2.00. The van der Waals surface area contributed by atoms with Crippen LogP contribution >= 0.6 is 0 Å². The second kappa shape index (κ2) is 5.01. The number of benzene rings is 1. The fraction of sp³-hybridized carbons (Fsp3) is 0.200. The SMILES string of the molecule is CC(=NO)C(=O)OCc1ccccc1. The number of carbonyl (C=O) groups is 1. The summed E-state index contributed by atoms with van der Waals surface area (Å²) in [6, 6.07) is 9.29. The Morgan fingerprint density at radius 3 is 2.64 bits per heavy atom. The van der Waals surface area contributed by atoms with Crippen LogP contribution in [-0.2, 0) is 16.1 Å². The lowest BCUT2D eigenvalue weighted by molar-refractivity contribution is -0.136. The highest BCUT2D eigenvalue weighted by Gasteiger charge is 2.07. The first-order valence-electron chi connectivity index (χ1n) is 4.13. The normalized spacial score (nSPS) is 11.1. The third-order valence-corrected chi connectivity index (χ3v) is 1.66. The van der Waals surface area contributed by atoms with Gasteiger partial charge in [-0.3, -0.25) is 0 Å². The molecule has 1 rings (SSSR count). The fourth-order valence-electron chi connectivity index (χ4n) is 0.868. The Morgan fingerprint density at radius 1 is 1.43 bits per heavy atom. The van der Waals surface area contributed by atoms with Crippen molar-refractivity contribution in [1.29, 1.82) is 0 Å². The molecule has 0 unspecified atom stereocenters. The van der Waals surface area contributed by atoms with Gasteiger partial charge in [-0.1, -0.05) is 35.5 Å². The molecular weight excluding hydrogens is 182 g/mol. The van der Waals surface area contributed by atoms with Gasteiger partial charge in [-0.15, -0.1) is 0 Å². The lowest BCUT2D eigenvalue weighted by atomic mass is 10.2. The van der Waals surface area contributed by atoms with Gasteiger partial charge in [-0.05, 0) is 12.5 Å². The molecule has 0 amide bonds. The van der Waals surface area contributed by atoms with E-state index in [2.05, 4.69) is 5.16 Å².